The van der Waals surface area contributed by atoms with Gasteiger partial charge in [0.2, 0.25) is 0 Å². The number of nitrogens with one attached hydrogen (secondary N) is 1. The Labute approximate surface area is 176 Å². The lowest BCUT2D eigenvalue weighted by atomic mass is 9.97. The molecule has 0 aliphatic rings. The van der Waals surface area contributed by atoms with E-state index in [9.17, 15) is 13.5 Å². The highest BCUT2D eigenvalue weighted by atomic mass is 32.2. The van der Waals surface area contributed by atoms with Gasteiger partial charge in [0.05, 0.1) is 25.0 Å². The fourth-order valence-electron chi connectivity index (χ4n) is 3.62. The van der Waals surface area contributed by atoms with E-state index in [0.29, 0.717) is 6.54 Å². The molecule has 5 nitrogen and oxygen atoms in total. The molecule has 0 saturated carbocycles. The van der Waals surface area contributed by atoms with E-state index in [2.05, 4.69) is 72.0 Å². The summed E-state index contributed by atoms with van der Waals surface area (Å²) < 4.78 is 27.4. The highest BCUT2D eigenvalue weighted by molar-refractivity contribution is 7.85. The van der Waals surface area contributed by atoms with Crippen LogP contribution in [0.3, 0.4) is 0 Å². The van der Waals surface area contributed by atoms with Gasteiger partial charge in [0.15, 0.2) is 0 Å². The fourth-order valence-corrected chi connectivity index (χ4v) is 4.09. The van der Waals surface area contributed by atoms with Gasteiger partial charge >= 0.3 is 0 Å². The Morgan fingerprint density at radius 2 is 1.57 bits per heavy atom. The summed E-state index contributed by atoms with van der Waals surface area (Å²) >= 11 is 0. The Balaban J connectivity index is 1.61. The van der Waals surface area contributed by atoms with Gasteiger partial charge in [-0.25, -0.2) is 0 Å². The normalized spacial score (nSPS) is 14.4. The maximum atomic E-state index is 11.3. The summed E-state index contributed by atoms with van der Waals surface area (Å²) in [5.41, 5.74) is 0.182. The molecule has 0 aromatic heterocycles. The third kappa shape index (κ3) is 4.47. The molecule has 6 heteroatoms. The molecule has 0 spiro atoms. The first-order valence-corrected chi connectivity index (χ1v) is 11.6. The smallest absolute Gasteiger partial charge is 0.264 e. The average molecular weight is 424 g/mol. The average Bonchev–Trinajstić information content (AvgIpc) is 2.74. The van der Waals surface area contributed by atoms with Crippen LogP contribution in [0.25, 0.3) is 32.3 Å². The number of hydrogen-bond donors (Lipinski definition) is 2. The predicted octanol–water partition coefficient (Wildman–Crippen LogP) is 3.96. The molecule has 1 unspecified atom stereocenters. The molecule has 0 saturated heterocycles. The van der Waals surface area contributed by atoms with E-state index in [-0.39, 0.29) is 13.2 Å². The van der Waals surface area contributed by atoms with Gasteiger partial charge in [-0.05, 0) is 63.0 Å². The van der Waals surface area contributed by atoms with Gasteiger partial charge < -0.3 is 10.4 Å². The fraction of sp³-hybridized carbons (Fsp3) is 0.250. The van der Waals surface area contributed by atoms with E-state index in [4.69, 9.17) is 4.18 Å². The maximum Gasteiger partial charge on any atom is 0.264 e. The second-order valence-electron chi connectivity index (χ2n) is 8.08. The third-order valence-electron chi connectivity index (χ3n) is 5.43. The van der Waals surface area contributed by atoms with E-state index in [0.717, 1.165) is 17.2 Å². The molecular weight excluding hydrogens is 398 g/mol. The molecule has 4 aromatic carbocycles. The monoisotopic (exact) mass is 423 g/mol. The molecule has 2 N–H and O–H groups in total. The van der Waals surface area contributed by atoms with Crippen molar-refractivity contribution in [3.63, 3.8) is 0 Å². The van der Waals surface area contributed by atoms with Gasteiger partial charge in [-0.2, -0.15) is 8.42 Å². The number of aliphatic hydroxyl groups excluding tert-OH is 1. The van der Waals surface area contributed by atoms with Crippen molar-refractivity contribution < 1.29 is 17.7 Å². The van der Waals surface area contributed by atoms with Crippen LogP contribution in [0.4, 0.5) is 0 Å². The van der Waals surface area contributed by atoms with Crippen molar-refractivity contribution in [2.75, 3.05) is 19.5 Å². The number of hydrogen-bond acceptors (Lipinski definition) is 5. The predicted molar refractivity (Wildman–Crippen MR) is 122 cm³/mol. The van der Waals surface area contributed by atoms with Gasteiger partial charge in [-0.15, -0.1) is 0 Å². The molecule has 0 aliphatic heterocycles. The number of benzene rings is 4. The Morgan fingerprint density at radius 3 is 2.23 bits per heavy atom. The Morgan fingerprint density at radius 1 is 0.900 bits per heavy atom. The van der Waals surface area contributed by atoms with Crippen LogP contribution in [0.5, 0.6) is 0 Å². The van der Waals surface area contributed by atoms with Crippen LogP contribution in [0.15, 0.2) is 66.7 Å². The first-order valence-electron chi connectivity index (χ1n) is 9.81. The topological polar surface area (TPSA) is 75.6 Å². The molecule has 0 amide bonds. The minimum Gasteiger partial charge on any atom is -0.394 e. The highest BCUT2D eigenvalue weighted by Crippen LogP contribution is 2.30. The summed E-state index contributed by atoms with van der Waals surface area (Å²) in [7, 11) is -3.57. The molecule has 0 bridgehead atoms. The minimum atomic E-state index is -3.57. The van der Waals surface area contributed by atoms with Crippen LogP contribution in [0, 0.1) is 0 Å². The summed E-state index contributed by atoms with van der Waals surface area (Å²) in [6.07, 6.45) is 1.00. The molecular formula is C24H25NO4S. The molecule has 0 aliphatic carbocycles. The van der Waals surface area contributed by atoms with E-state index < -0.39 is 15.7 Å². The van der Waals surface area contributed by atoms with Crippen LogP contribution in [-0.2, 0) is 20.8 Å². The molecule has 1 atom stereocenters. The van der Waals surface area contributed by atoms with Gasteiger partial charge in [0.25, 0.3) is 10.1 Å². The van der Waals surface area contributed by atoms with Gasteiger partial charge in [-0.3, -0.25) is 4.18 Å². The number of rotatable bonds is 7. The van der Waals surface area contributed by atoms with Crippen LogP contribution < -0.4 is 5.32 Å². The minimum absolute atomic E-state index is 0.131. The third-order valence-corrected chi connectivity index (χ3v) is 5.97. The second-order valence-corrected chi connectivity index (χ2v) is 9.72. The SMILES string of the molecule is CC(CO)(COS(C)(=O)=O)NCc1ccc2c(ccc3cc4ccccc4cc32)c1. The summed E-state index contributed by atoms with van der Waals surface area (Å²) in [5, 5.41) is 20.1. The lowest BCUT2D eigenvalue weighted by molar-refractivity contribution is 0.118. The van der Waals surface area contributed by atoms with Crippen molar-refractivity contribution >= 4 is 42.4 Å². The van der Waals surface area contributed by atoms with Gasteiger partial charge in [0, 0.05) is 6.54 Å². The second kappa shape index (κ2) is 7.96. The lowest BCUT2D eigenvalue weighted by Crippen LogP contribution is -2.49. The maximum absolute atomic E-state index is 11.3. The van der Waals surface area contributed by atoms with Crippen LogP contribution in [-0.4, -0.2) is 38.5 Å². The molecule has 4 rings (SSSR count). The van der Waals surface area contributed by atoms with Crippen LogP contribution >= 0.6 is 0 Å². The zero-order valence-electron chi connectivity index (χ0n) is 17.1. The summed E-state index contributed by atoms with van der Waals surface area (Å²) in [6.45, 7) is 1.84. The highest BCUT2D eigenvalue weighted by Gasteiger charge is 2.25. The molecule has 0 heterocycles. The molecule has 0 radical (unpaired) electrons. The zero-order valence-corrected chi connectivity index (χ0v) is 17.9. The van der Waals surface area contributed by atoms with Crippen molar-refractivity contribution in [3.05, 3.63) is 72.3 Å². The summed E-state index contributed by atoms with van der Waals surface area (Å²) in [5.74, 6) is 0. The Hall–Kier alpha value is -2.51. The largest absolute Gasteiger partial charge is 0.394 e. The first-order chi connectivity index (χ1) is 14.3. The number of aliphatic hydroxyl groups is 1. The van der Waals surface area contributed by atoms with Crippen molar-refractivity contribution in [1.82, 2.24) is 5.32 Å². The summed E-state index contributed by atoms with van der Waals surface area (Å²) in [4.78, 5) is 0. The van der Waals surface area contributed by atoms with E-state index in [1.807, 2.05) is 0 Å². The standard InChI is InChI=1S/C24H25NO4S/c1-24(15-26,16-29-30(2,27)28)25-14-17-7-10-22-20(11-17)8-9-21-12-18-5-3-4-6-19(18)13-23(21)22/h3-13,25-26H,14-16H2,1-2H3. The lowest BCUT2D eigenvalue weighted by Gasteiger charge is -2.28. The van der Waals surface area contributed by atoms with Crippen molar-refractivity contribution in [1.29, 1.82) is 0 Å². The van der Waals surface area contributed by atoms with E-state index >= 15 is 0 Å². The molecule has 30 heavy (non-hydrogen) atoms. The zero-order chi connectivity index (χ0) is 21.4. The van der Waals surface area contributed by atoms with Crippen molar-refractivity contribution in [2.24, 2.45) is 0 Å². The van der Waals surface area contributed by atoms with E-state index in [1.165, 1.54) is 26.9 Å². The van der Waals surface area contributed by atoms with Crippen molar-refractivity contribution in [2.45, 2.75) is 19.0 Å². The molecule has 4 aromatic rings. The van der Waals surface area contributed by atoms with Gasteiger partial charge in [-0.1, -0.05) is 48.5 Å². The molecule has 156 valence electrons. The van der Waals surface area contributed by atoms with Crippen molar-refractivity contribution in [3.8, 4) is 0 Å². The van der Waals surface area contributed by atoms with Crippen LogP contribution in [0.1, 0.15) is 12.5 Å². The number of fused-ring (bicyclic) bond motifs is 4. The Kier molecular flexibility index (Phi) is 5.51. The first kappa shape index (κ1) is 20.8. The van der Waals surface area contributed by atoms with Gasteiger partial charge in [0.1, 0.15) is 0 Å². The Bertz CT molecular complexity index is 1330. The summed E-state index contributed by atoms with van der Waals surface area (Å²) in [6, 6.07) is 23.3. The molecule has 0 fully saturated rings. The van der Waals surface area contributed by atoms with Crippen LogP contribution in [0.2, 0.25) is 0 Å². The van der Waals surface area contributed by atoms with E-state index in [1.54, 1.807) is 6.92 Å². The quantitative estimate of drug-likeness (QED) is 0.267.